The average molecular weight is 401 g/mol. The maximum atomic E-state index is 13.1. The predicted octanol–water partition coefficient (Wildman–Crippen LogP) is 2.98. The van der Waals surface area contributed by atoms with Crippen molar-refractivity contribution in [1.82, 2.24) is 10.2 Å². The summed E-state index contributed by atoms with van der Waals surface area (Å²) >= 11 is 6.13. The third-order valence-electron chi connectivity index (χ3n) is 4.33. The zero-order chi connectivity index (χ0) is 19.9. The fourth-order valence-electron chi connectivity index (χ4n) is 2.86. The molecule has 0 unspecified atom stereocenters. The molecular formula is C21H21ClN2O4. The van der Waals surface area contributed by atoms with E-state index in [-0.39, 0.29) is 11.6 Å². The molecule has 6 nitrogen and oxygen atoms in total. The van der Waals surface area contributed by atoms with Crippen molar-refractivity contribution < 1.29 is 19.1 Å². The Hall–Kier alpha value is -2.83. The van der Waals surface area contributed by atoms with Crippen LogP contribution in [0.25, 0.3) is 6.08 Å². The van der Waals surface area contributed by atoms with Crippen LogP contribution in [0.3, 0.4) is 0 Å². The number of hydrogen-bond acceptors (Lipinski definition) is 4. The molecule has 0 aliphatic carbocycles. The van der Waals surface area contributed by atoms with Gasteiger partial charge in [-0.3, -0.25) is 9.59 Å². The molecule has 0 atom stereocenters. The number of carbonyl (C=O) groups is 2. The van der Waals surface area contributed by atoms with Gasteiger partial charge >= 0.3 is 0 Å². The molecule has 3 rings (SSSR count). The van der Waals surface area contributed by atoms with Crippen LogP contribution in [0.1, 0.15) is 15.9 Å². The van der Waals surface area contributed by atoms with E-state index in [0.29, 0.717) is 48.2 Å². The Morgan fingerprint density at radius 2 is 1.79 bits per heavy atom. The van der Waals surface area contributed by atoms with Gasteiger partial charge < -0.3 is 19.7 Å². The summed E-state index contributed by atoms with van der Waals surface area (Å²) in [6.45, 7) is 1.85. The Balaban J connectivity index is 1.94. The van der Waals surface area contributed by atoms with Gasteiger partial charge in [0.1, 0.15) is 11.4 Å². The van der Waals surface area contributed by atoms with Gasteiger partial charge in [-0.25, -0.2) is 0 Å². The van der Waals surface area contributed by atoms with Crippen LogP contribution >= 0.6 is 11.6 Å². The number of nitrogens with one attached hydrogen (secondary N) is 1. The number of benzene rings is 2. The van der Waals surface area contributed by atoms with E-state index in [0.717, 1.165) is 0 Å². The van der Waals surface area contributed by atoms with E-state index in [4.69, 9.17) is 21.1 Å². The van der Waals surface area contributed by atoms with Crippen LogP contribution in [-0.4, -0.2) is 50.1 Å². The molecular weight excluding hydrogens is 380 g/mol. The third-order valence-corrected chi connectivity index (χ3v) is 4.66. The fraction of sp³-hybridized carbons (Fsp3) is 0.238. The zero-order valence-corrected chi connectivity index (χ0v) is 16.2. The first-order valence-electron chi connectivity index (χ1n) is 8.88. The molecule has 0 aromatic heterocycles. The molecule has 146 valence electrons. The lowest BCUT2D eigenvalue weighted by Crippen LogP contribution is -2.44. The first-order chi connectivity index (χ1) is 13.6. The highest BCUT2D eigenvalue weighted by atomic mass is 35.5. The predicted molar refractivity (Wildman–Crippen MR) is 107 cm³/mol. The van der Waals surface area contributed by atoms with Crippen LogP contribution in [0, 0.1) is 0 Å². The van der Waals surface area contributed by atoms with Gasteiger partial charge in [-0.15, -0.1) is 0 Å². The van der Waals surface area contributed by atoms with Crippen molar-refractivity contribution in [3.63, 3.8) is 0 Å². The fourth-order valence-corrected chi connectivity index (χ4v) is 3.09. The highest BCUT2D eigenvalue weighted by Crippen LogP contribution is 2.21. The van der Waals surface area contributed by atoms with E-state index in [1.807, 2.05) is 18.2 Å². The Labute approximate surface area is 168 Å². The van der Waals surface area contributed by atoms with Crippen molar-refractivity contribution in [1.29, 1.82) is 0 Å². The largest absolute Gasteiger partial charge is 0.496 e. The quantitative estimate of drug-likeness (QED) is 0.783. The van der Waals surface area contributed by atoms with Crippen LogP contribution in [0.5, 0.6) is 5.75 Å². The van der Waals surface area contributed by atoms with Gasteiger partial charge in [0.15, 0.2) is 0 Å². The molecule has 1 fully saturated rings. The van der Waals surface area contributed by atoms with E-state index >= 15 is 0 Å². The Morgan fingerprint density at radius 1 is 1.11 bits per heavy atom. The molecule has 1 heterocycles. The molecule has 1 N–H and O–H groups in total. The second-order valence-electron chi connectivity index (χ2n) is 6.14. The zero-order valence-electron chi connectivity index (χ0n) is 15.5. The molecule has 1 saturated heterocycles. The minimum absolute atomic E-state index is 0.149. The molecule has 0 bridgehead atoms. The molecule has 0 spiro atoms. The molecule has 0 saturated carbocycles. The van der Waals surface area contributed by atoms with Gasteiger partial charge in [0.2, 0.25) is 0 Å². The molecule has 7 heteroatoms. The minimum atomic E-state index is -0.451. The van der Waals surface area contributed by atoms with E-state index in [1.54, 1.807) is 48.4 Å². The van der Waals surface area contributed by atoms with E-state index in [1.165, 1.54) is 0 Å². The molecule has 0 radical (unpaired) electrons. The highest BCUT2D eigenvalue weighted by Gasteiger charge is 2.23. The summed E-state index contributed by atoms with van der Waals surface area (Å²) < 4.78 is 10.7. The van der Waals surface area contributed by atoms with Crippen molar-refractivity contribution in [2.75, 3.05) is 33.4 Å². The van der Waals surface area contributed by atoms with Crippen molar-refractivity contribution in [2.45, 2.75) is 0 Å². The Kier molecular flexibility index (Phi) is 6.68. The van der Waals surface area contributed by atoms with E-state index < -0.39 is 5.91 Å². The van der Waals surface area contributed by atoms with Crippen molar-refractivity contribution >= 4 is 29.5 Å². The number of methoxy groups -OCH3 is 1. The highest BCUT2D eigenvalue weighted by molar-refractivity contribution is 6.34. The second-order valence-corrected chi connectivity index (χ2v) is 6.55. The summed E-state index contributed by atoms with van der Waals surface area (Å²) in [5, 5.41) is 3.04. The Bertz CT molecular complexity index is 891. The maximum absolute atomic E-state index is 13.1. The average Bonchev–Trinajstić information content (AvgIpc) is 2.74. The summed E-state index contributed by atoms with van der Waals surface area (Å²) in [6.07, 6.45) is 1.62. The first-order valence-corrected chi connectivity index (χ1v) is 9.25. The molecule has 2 aromatic rings. The van der Waals surface area contributed by atoms with Crippen LogP contribution < -0.4 is 10.1 Å². The maximum Gasteiger partial charge on any atom is 0.270 e. The van der Waals surface area contributed by atoms with Gasteiger partial charge in [-0.05, 0) is 24.3 Å². The second kappa shape index (κ2) is 9.39. The molecule has 1 aliphatic heterocycles. The van der Waals surface area contributed by atoms with Gasteiger partial charge in [0.25, 0.3) is 11.8 Å². The third kappa shape index (κ3) is 4.71. The lowest BCUT2D eigenvalue weighted by atomic mass is 10.1. The topological polar surface area (TPSA) is 67.9 Å². The standard InChI is InChI=1S/C21H21ClN2O4/c1-27-19-9-5-2-6-15(19)14-18(21(26)24-10-12-28-13-11-24)23-20(25)16-7-3-4-8-17(16)22/h2-9,14H,10-13H2,1H3,(H,23,25)/b18-14+. The van der Waals surface area contributed by atoms with Crippen molar-refractivity contribution in [3.8, 4) is 5.75 Å². The summed E-state index contributed by atoms with van der Waals surface area (Å²) in [5.74, 6) is -0.135. The van der Waals surface area contributed by atoms with Crippen LogP contribution in [0.4, 0.5) is 0 Å². The first kappa shape index (κ1) is 19.9. The Morgan fingerprint density at radius 3 is 2.50 bits per heavy atom. The number of para-hydroxylation sites is 1. The summed E-state index contributed by atoms with van der Waals surface area (Å²) in [6, 6.07) is 14.0. The van der Waals surface area contributed by atoms with Crippen molar-refractivity contribution in [2.24, 2.45) is 0 Å². The normalized spacial score (nSPS) is 14.5. The summed E-state index contributed by atoms with van der Waals surface area (Å²) in [4.78, 5) is 27.5. The van der Waals surface area contributed by atoms with Gasteiger partial charge in [-0.2, -0.15) is 0 Å². The lowest BCUT2D eigenvalue weighted by molar-refractivity contribution is -0.131. The number of amides is 2. The van der Waals surface area contributed by atoms with Crippen LogP contribution in [0.2, 0.25) is 5.02 Å². The number of halogens is 1. The number of hydrogen-bond donors (Lipinski definition) is 1. The smallest absolute Gasteiger partial charge is 0.270 e. The monoisotopic (exact) mass is 400 g/mol. The van der Waals surface area contributed by atoms with E-state index in [9.17, 15) is 9.59 Å². The van der Waals surface area contributed by atoms with Gasteiger partial charge in [0.05, 0.1) is 30.9 Å². The lowest BCUT2D eigenvalue weighted by Gasteiger charge is -2.28. The van der Waals surface area contributed by atoms with Crippen LogP contribution in [-0.2, 0) is 9.53 Å². The molecule has 1 aliphatic rings. The number of carbonyl (C=O) groups excluding carboxylic acids is 2. The van der Waals surface area contributed by atoms with Crippen LogP contribution in [0.15, 0.2) is 54.2 Å². The van der Waals surface area contributed by atoms with E-state index in [2.05, 4.69) is 5.32 Å². The van der Waals surface area contributed by atoms with Gasteiger partial charge in [-0.1, -0.05) is 41.9 Å². The molecule has 2 aromatic carbocycles. The van der Waals surface area contributed by atoms with Gasteiger partial charge in [0, 0.05) is 18.7 Å². The number of rotatable bonds is 5. The summed E-state index contributed by atoms with van der Waals surface area (Å²) in [5.41, 5.74) is 1.13. The summed E-state index contributed by atoms with van der Waals surface area (Å²) in [7, 11) is 1.55. The number of ether oxygens (including phenoxy) is 2. The minimum Gasteiger partial charge on any atom is -0.496 e. The SMILES string of the molecule is COc1ccccc1/C=C(/NC(=O)c1ccccc1Cl)C(=O)N1CCOCC1. The number of nitrogens with zero attached hydrogens (tertiary/aromatic N) is 1. The number of morpholine rings is 1. The molecule has 28 heavy (non-hydrogen) atoms. The molecule has 2 amide bonds. The van der Waals surface area contributed by atoms with Crippen molar-refractivity contribution in [3.05, 3.63) is 70.4 Å².